The minimum atomic E-state index is -0.268. The van der Waals surface area contributed by atoms with Crippen LogP contribution in [0.25, 0.3) is 0 Å². The van der Waals surface area contributed by atoms with Crippen molar-refractivity contribution in [3.05, 3.63) is 47.8 Å². The van der Waals surface area contributed by atoms with E-state index in [2.05, 4.69) is 41.4 Å². The van der Waals surface area contributed by atoms with E-state index in [0.717, 1.165) is 5.69 Å². The van der Waals surface area contributed by atoms with E-state index in [-0.39, 0.29) is 11.3 Å². The van der Waals surface area contributed by atoms with Crippen LogP contribution in [0.1, 0.15) is 36.8 Å². The lowest BCUT2D eigenvalue weighted by molar-refractivity contribution is 0.102. The maximum Gasteiger partial charge on any atom is 0.274 e. The number of hydrogen-bond donors (Lipinski definition) is 2. The summed E-state index contributed by atoms with van der Waals surface area (Å²) in [6.45, 7) is 7.58. The van der Waals surface area contributed by atoms with Crippen LogP contribution in [0.4, 0.5) is 11.6 Å². The third-order valence-corrected chi connectivity index (χ3v) is 3.49. The van der Waals surface area contributed by atoms with Crippen molar-refractivity contribution >= 4 is 17.5 Å². The van der Waals surface area contributed by atoms with Crippen LogP contribution in [-0.4, -0.2) is 36.1 Å². The number of rotatable bonds is 6. The molecule has 0 fully saturated rings. The molecular weight excluding hydrogens is 304 g/mol. The number of methoxy groups -OCH3 is 1. The largest absolute Gasteiger partial charge is 0.383 e. The molecular formula is C18H24N4O2. The van der Waals surface area contributed by atoms with Crippen molar-refractivity contribution in [2.24, 2.45) is 0 Å². The summed E-state index contributed by atoms with van der Waals surface area (Å²) in [5.74, 6) is 0.137. The highest BCUT2D eigenvalue weighted by atomic mass is 16.5. The normalized spacial score (nSPS) is 11.2. The molecule has 0 saturated heterocycles. The minimum absolute atomic E-state index is 0.0813. The van der Waals surface area contributed by atoms with Crippen LogP contribution in [0.3, 0.4) is 0 Å². The number of aromatic nitrogens is 2. The molecule has 2 aromatic rings. The molecule has 6 nitrogen and oxygen atoms in total. The van der Waals surface area contributed by atoms with E-state index in [1.54, 1.807) is 19.4 Å². The summed E-state index contributed by atoms with van der Waals surface area (Å²) in [6.07, 6.45) is 1.56. The summed E-state index contributed by atoms with van der Waals surface area (Å²) in [5, 5.41) is 5.85. The van der Waals surface area contributed by atoms with Gasteiger partial charge in [0.15, 0.2) is 0 Å². The van der Waals surface area contributed by atoms with Crippen molar-refractivity contribution in [3.63, 3.8) is 0 Å². The predicted molar refractivity (Wildman–Crippen MR) is 95.5 cm³/mol. The second kappa shape index (κ2) is 7.88. The molecule has 128 valence electrons. The summed E-state index contributed by atoms with van der Waals surface area (Å²) < 4.78 is 4.96. The number of carbonyl (C=O) groups is 1. The SMILES string of the molecule is COCCNc1nccc(C(=O)Nc2ccc(C(C)(C)C)cc2)n1. The number of nitrogens with zero attached hydrogens (tertiary/aromatic N) is 2. The lowest BCUT2D eigenvalue weighted by atomic mass is 9.87. The smallest absolute Gasteiger partial charge is 0.274 e. The zero-order chi connectivity index (χ0) is 17.6. The lowest BCUT2D eigenvalue weighted by Gasteiger charge is -2.19. The van der Waals surface area contributed by atoms with Crippen molar-refractivity contribution in [1.82, 2.24) is 9.97 Å². The van der Waals surface area contributed by atoms with E-state index in [1.807, 2.05) is 24.3 Å². The van der Waals surface area contributed by atoms with Gasteiger partial charge in [-0.1, -0.05) is 32.9 Å². The summed E-state index contributed by atoms with van der Waals surface area (Å²) in [6, 6.07) is 9.43. The van der Waals surface area contributed by atoms with Gasteiger partial charge in [-0.3, -0.25) is 4.79 Å². The molecule has 0 aliphatic carbocycles. The molecule has 0 atom stereocenters. The van der Waals surface area contributed by atoms with Crippen molar-refractivity contribution < 1.29 is 9.53 Å². The number of hydrogen-bond acceptors (Lipinski definition) is 5. The molecule has 2 N–H and O–H groups in total. The highest BCUT2D eigenvalue weighted by molar-refractivity contribution is 6.02. The van der Waals surface area contributed by atoms with Gasteiger partial charge in [0.1, 0.15) is 5.69 Å². The Morgan fingerprint density at radius 1 is 1.17 bits per heavy atom. The minimum Gasteiger partial charge on any atom is -0.383 e. The van der Waals surface area contributed by atoms with Gasteiger partial charge in [0.05, 0.1) is 6.61 Å². The number of carbonyl (C=O) groups excluding carboxylic acids is 1. The van der Waals surface area contributed by atoms with E-state index in [9.17, 15) is 4.79 Å². The Hall–Kier alpha value is -2.47. The van der Waals surface area contributed by atoms with Crippen LogP contribution in [-0.2, 0) is 10.2 Å². The van der Waals surface area contributed by atoms with Gasteiger partial charge < -0.3 is 15.4 Å². The molecule has 1 aromatic carbocycles. The van der Waals surface area contributed by atoms with Gasteiger partial charge in [-0.05, 0) is 29.2 Å². The Balaban J connectivity index is 2.03. The molecule has 0 spiro atoms. The van der Waals surface area contributed by atoms with Gasteiger partial charge in [-0.25, -0.2) is 9.97 Å². The molecule has 0 aliphatic heterocycles. The third-order valence-electron chi connectivity index (χ3n) is 3.49. The zero-order valence-corrected chi connectivity index (χ0v) is 14.6. The number of nitrogens with one attached hydrogen (secondary N) is 2. The van der Waals surface area contributed by atoms with Crippen LogP contribution < -0.4 is 10.6 Å². The lowest BCUT2D eigenvalue weighted by Crippen LogP contribution is -2.17. The molecule has 0 unspecified atom stereocenters. The van der Waals surface area contributed by atoms with E-state index in [0.29, 0.717) is 24.8 Å². The Morgan fingerprint density at radius 2 is 1.88 bits per heavy atom. The standard InChI is InChI=1S/C18H24N4O2/c1-18(2,3)13-5-7-14(8-6-13)21-16(23)15-9-10-19-17(22-15)20-11-12-24-4/h5-10H,11-12H2,1-4H3,(H,21,23)(H,19,20,22). The van der Waals surface area contributed by atoms with Gasteiger partial charge in [-0.2, -0.15) is 0 Å². The van der Waals surface area contributed by atoms with Gasteiger partial charge in [-0.15, -0.1) is 0 Å². The first-order valence-electron chi connectivity index (χ1n) is 7.88. The molecule has 0 aliphatic rings. The molecule has 24 heavy (non-hydrogen) atoms. The van der Waals surface area contributed by atoms with Crippen molar-refractivity contribution in [3.8, 4) is 0 Å². The van der Waals surface area contributed by atoms with Crippen molar-refractivity contribution in [2.75, 3.05) is 30.9 Å². The average molecular weight is 328 g/mol. The molecule has 0 radical (unpaired) electrons. The number of benzene rings is 1. The monoisotopic (exact) mass is 328 g/mol. The number of anilines is 2. The summed E-state index contributed by atoms with van der Waals surface area (Å²) in [4.78, 5) is 20.6. The van der Waals surface area contributed by atoms with Gasteiger partial charge in [0, 0.05) is 25.5 Å². The Labute approximate surface area is 142 Å². The zero-order valence-electron chi connectivity index (χ0n) is 14.6. The molecule has 0 saturated carbocycles. The second-order valence-corrected chi connectivity index (χ2v) is 6.47. The van der Waals surface area contributed by atoms with Crippen LogP contribution in [0.15, 0.2) is 36.5 Å². The van der Waals surface area contributed by atoms with Gasteiger partial charge in [0.2, 0.25) is 5.95 Å². The van der Waals surface area contributed by atoms with Crippen molar-refractivity contribution in [2.45, 2.75) is 26.2 Å². The first kappa shape index (κ1) is 17.9. The fourth-order valence-electron chi connectivity index (χ4n) is 2.08. The van der Waals surface area contributed by atoms with E-state index in [1.165, 1.54) is 5.56 Å². The van der Waals surface area contributed by atoms with Gasteiger partial charge in [0.25, 0.3) is 5.91 Å². The Kier molecular flexibility index (Phi) is 5.87. The summed E-state index contributed by atoms with van der Waals surface area (Å²) in [7, 11) is 1.62. The molecule has 6 heteroatoms. The summed E-state index contributed by atoms with van der Waals surface area (Å²) in [5.41, 5.74) is 2.34. The van der Waals surface area contributed by atoms with E-state index in [4.69, 9.17) is 4.74 Å². The Morgan fingerprint density at radius 3 is 2.50 bits per heavy atom. The van der Waals surface area contributed by atoms with Crippen molar-refractivity contribution in [1.29, 1.82) is 0 Å². The predicted octanol–water partition coefficient (Wildman–Crippen LogP) is 3.08. The quantitative estimate of drug-likeness (QED) is 0.797. The van der Waals surface area contributed by atoms with Crippen LogP contribution in [0, 0.1) is 0 Å². The van der Waals surface area contributed by atoms with Crippen LogP contribution in [0.5, 0.6) is 0 Å². The number of amides is 1. The maximum atomic E-state index is 12.3. The van der Waals surface area contributed by atoms with Crippen LogP contribution in [0.2, 0.25) is 0 Å². The number of ether oxygens (including phenoxy) is 1. The second-order valence-electron chi connectivity index (χ2n) is 6.47. The average Bonchev–Trinajstić information content (AvgIpc) is 2.55. The summed E-state index contributed by atoms with van der Waals surface area (Å²) >= 11 is 0. The van der Waals surface area contributed by atoms with E-state index < -0.39 is 0 Å². The maximum absolute atomic E-state index is 12.3. The fourth-order valence-corrected chi connectivity index (χ4v) is 2.08. The fraction of sp³-hybridized carbons (Fsp3) is 0.389. The third kappa shape index (κ3) is 5.03. The molecule has 1 aromatic heterocycles. The first-order valence-corrected chi connectivity index (χ1v) is 7.88. The molecule has 2 rings (SSSR count). The van der Waals surface area contributed by atoms with E-state index >= 15 is 0 Å². The van der Waals surface area contributed by atoms with Crippen LogP contribution >= 0.6 is 0 Å². The highest BCUT2D eigenvalue weighted by Crippen LogP contribution is 2.23. The molecule has 1 heterocycles. The Bertz CT molecular complexity index is 678. The topological polar surface area (TPSA) is 76.1 Å². The molecule has 1 amide bonds. The molecule has 0 bridgehead atoms. The first-order chi connectivity index (χ1) is 11.4. The highest BCUT2D eigenvalue weighted by Gasteiger charge is 2.14. The van der Waals surface area contributed by atoms with Gasteiger partial charge >= 0.3 is 0 Å².